The van der Waals surface area contributed by atoms with E-state index < -0.39 is 5.97 Å². The monoisotopic (exact) mass is 407 g/mol. The van der Waals surface area contributed by atoms with Gasteiger partial charge < -0.3 is 20.3 Å². The fourth-order valence-corrected chi connectivity index (χ4v) is 3.09. The molecular formula is C20H23ClFN3O3. The summed E-state index contributed by atoms with van der Waals surface area (Å²) in [6.07, 6.45) is 0. The van der Waals surface area contributed by atoms with Gasteiger partial charge in [0.25, 0.3) is 0 Å². The zero-order chi connectivity index (χ0) is 19.2. The third kappa shape index (κ3) is 5.21. The van der Waals surface area contributed by atoms with Crippen LogP contribution in [0.5, 0.6) is 0 Å². The highest BCUT2D eigenvalue weighted by Gasteiger charge is 2.27. The second kappa shape index (κ2) is 10.1. The molecule has 1 aliphatic rings. The Bertz CT molecular complexity index is 799. The van der Waals surface area contributed by atoms with Crippen molar-refractivity contribution >= 4 is 24.4 Å². The Morgan fingerprint density at radius 3 is 2.50 bits per heavy atom. The van der Waals surface area contributed by atoms with Crippen LogP contribution in [-0.2, 0) is 11.3 Å². The fraction of sp³-hybridized carbons (Fsp3) is 0.300. The summed E-state index contributed by atoms with van der Waals surface area (Å²) in [5.74, 6) is -0.692. The van der Waals surface area contributed by atoms with Gasteiger partial charge in [0, 0.05) is 26.2 Å². The van der Waals surface area contributed by atoms with Crippen LogP contribution in [-0.4, -0.2) is 43.6 Å². The van der Waals surface area contributed by atoms with E-state index in [4.69, 9.17) is 0 Å². The van der Waals surface area contributed by atoms with E-state index in [1.165, 1.54) is 19.2 Å². The van der Waals surface area contributed by atoms with Gasteiger partial charge in [0.2, 0.25) is 0 Å². The first-order valence-corrected chi connectivity index (χ1v) is 8.76. The number of rotatable bonds is 4. The molecule has 2 aromatic rings. The Morgan fingerprint density at radius 1 is 1.18 bits per heavy atom. The Balaban J connectivity index is 0.00000280. The number of nitrogens with one attached hydrogen (secondary N) is 2. The molecule has 28 heavy (non-hydrogen) atoms. The highest BCUT2D eigenvalue weighted by atomic mass is 35.5. The topological polar surface area (TPSA) is 70.7 Å². The number of methoxy groups -OCH3 is 1. The van der Waals surface area contributed by atoms with E-state index in [0.29, 0.717) is 31.7 Å². The number of nitrogens with zero attached hydrogens (tertiary/aromatic N) is 1. The summed E-state index contributed by atoms with van der Waals surface area (Å²) in [6.45, 7) is 2.24. The number of hydrogen-bond donors (Lipinski definition) is 2. The number of piperazine rings is 1. The number of urea groups is 1. The van der Waals surface area contributed by atoms with Crippen LogP contribution in [0.25, 0.3) is 0 Å². The molecule has 0 saturated carbocycles. The molecule has 1 aliphatic heterocycles. The molecule has 0 spiro atoms. The molecular weight excluding hydrogens is 385 g/mol. The molecule has 150 valence electrons. The van der Waals surface area contributed by atoms with Crippen molar-refractivity contribution in [3.05, 3.63) is 71.0 Å². The molecule has 2 amide bonds. The quantitative estimate of drug-likeness (QED) is 0.764. The Hall–Kier alpha value is -2.64. The van der Waals surface area contributed by atoms with Crippen LogP contribution < -0.4 is 10.6 Å². The average Bonchev–Trinajstić information content (AvgIpc) is 2.72. The fourth-order valence-electron chi connectivity index (χ4n) is 3.09. The van der Waals surface area contributed by atoms with E-state index in [1.54, 1.807) is 41.3 Å². The van der Waals surface area contributed by atoms with Gasteiger partial charge in [-0.2, -0.15) is 0 Å². The minimum atomic E-state index is -0.395. The number of hydrogen-bond acceptors (Lipinski definition) is 4. The van der Waals surface area contributed by atoms with Crippen LogP contribution in [0.1, 0.15) is 27.5 Å². The molecule has 0 aliphatic carbocycles. The van der Waals surface area contributed by atoms with Crippen molar-refractivity contribution in [1.82, 2.24) is 15.5 Å². The molecule has 0 bridgehead atoms. The van der Waals surface area contributed by atoms with Crippen LogP contribution in [0.15, 0.2) is 48.5 Å². The maximum atomic E-state index is 13.2. The van der Waals surface area contributed by atoms with Gasteiger partial charge in [-0.25, -0.2) is 14.0 Å². The zero-order valence-electron chi connectivity index (χ0n) is 15.5. The molecule has 1 heterocycles. The lowest BCUT2D eigenvalue weighted by Gasteiger charge is -2.36. The van der Waals surface area contributed by atoms with Crippen molar-refractivity contribution in [1.29, 1.82) is 0 Å². The first kappa shape index (κ1) is 21.7. The maximum absolute atomic E-state index is 13.2. The van der Waals surface area contributed by atoms with Gasteiger partial charge in [0.05, 0.1) is 18.7 Å². The largest absolute Gasteiger partial charge is 0.465 e. The van der Waals surface area contributed by atoms with Crippen molar-refractivity contribution < 1.29 is 18.7 Å². The van der Waals surface area contributed by atoms with Crippen molar-refractivity contribution in [2.24, 2.45) is 0 Å². The SMILES string of the molecule is COC(=O)c1ccc(CNC(=O)N2CCNCC2c2ccc(F)cc2)cc1.Cl. The van der Waals surface area contributed by atoms with Gasteiger partial charge in [0.15, 0.2) is 0 Å². The van der Waals surface area contributed by atoms with E-state index in [9.17, 15) is 14.0 Å². The predicted molar refractivity (Wildman–Crippen MR) is 106 cm³/mol. The van der Waals surface area contributed by atoms with Gasteiger partial charge in [0.1, 0.15) is 5.82 Å². The Labute approximate surface area is 169 Å². The minimum Gasteiger partial charge on any atom is -0.465 e. The lowest BCUT2D eigenvalue weighted by atomic mass is 10.0. The third-order valence-electron chi connectivity index (χ3n) is 4.58. The summed E-state index contributed by atoms with van der Waals surface area (Å²) >= 11 is 0. The summed E-state index contributed by atoms with van der Waals surface area (Å²) < 4.78 is 17.9. The van der Waals surface area contributed by atoms with E-state index in [1.807, 2.05) is 0 Å². The van der Waals surface area contributed by atoms with E-state index >= 15 is 0 Å². The molecule has 1 saturated heterocycles. The van der Waals surface area contributed by atoms with Crippen molar-refractivity contribution in [3.8, 4) is 0 Å². The van der Waals surface area contributed by atoms with Gasteiger partial charge >= 0.3 is 12.0 Å². The van der Waals surface area contributed by atoms with Crippen LogP contribution in [0, 0.1) is 5.82 Å². The molecule has 2 aromatic carbocycles. The Morgan fingerprint density at radius 2 is 1.86 bits per heavy atom. The van der Waals surface area contributed by atoms with Gasteiger partial charge in [-0.15, -0.1) is 12.4 Å². The molecule has 2 N–H and O–H groups in total. The standard InChI is InChI=1S/C20H22FN3O3.ClH/c1-27-19(25)16-4-2-14(3-5-16)12-23-20(26)24-11-10-22-13-18(24)15-6-8-17(21)9-7-15;/h2-9,18,22H,10-13H2,1H3,(H,23,26);1H. The smallest absolute Gasteiger partial charge is 0.337 e. The summed E-state index contributed by atoms with van der Waals surface area (Å²) in [5, 5.41) is 6.18. The number of amides is 2. The molecule has 1 fully saturated rings. The molecule has 1 unspecified atom stereocenters. The predicted octanol–water partition coefficient (Wildman–Crippen LogP) is 2.89. The van der Waals surface area contributed by atoms with Crippen molar-refractivity contribution in [3.63, 3.8) is 0 Å². The molecule has 3 rings (SSSR count). The highest BCUT2D eigenvalue weighted by molar-refractivity contribution is 5.89. The normalized spacial score (nSPS) is 16.1. The zero-order valence-corrected chi connectivity index (χ0v) is 16.3. The molecule has 1 atom stereocenters. The average molecular weight is 408 g/mol. The van der Waals surface area contributed by atoms with Crippen molar-refractivity contribution in [2.75, 3.05) is 26.7 Å². The molecule has 6 nitrogen and oxygen atoms in total. The van der Waals surface area contributed by atoms with E-state index in [-0.39, 0.29) is 30.3 Å². The summed E-state index contributed by atoms with van der Waals surface area (Å²) in [5.41, 5.74) is 2.23. The molecule has 0 radical (unpaired) electrons. The number of halogens is 2. The summed E-state index contributed by atoms with van der Waals surface area (Å²) in [7, 11) is 1.33. The first-order chi connectivity index (χ1) is 13.1. The minimum absolute atomic E-state index is 0. The second-order valence-corrected chi connectivity index (χ2v) is 6.31. The van der Waals surface area contributed by atoms with E-state index in [0.717, 1.165) is 11.1 Å². The number of carbonyl (C=O) groups is 2. The van der Waals surface area contributed by atoms with Gasteiger partial charge in [-0.3, -0.25) is 0 Å². The maximum Gasteiger partial charge on any atom is 0.337 e. The third-order valence-corrected chi connectivity index (χ3v) is 4.58. The lowest BCUT2D eigenvalue weighted by Crippen LogP contribution is -2.51. The van der Waals surface area contributed by atoms with Crippen LogP contribution >= 0.6 is 12.4 Å². The Kier molecular flexibility index (Phi) is 7.78. The first-order valence-electron chi connectivity index (χ1n) is 8.76. The molecule has 8 heteroatoms. The number of benzene rings is 2. The van der Waals surface area contributed by atoms with Crippen LogP contribution in [0.4, 0.5) is 9.18 Å². The second-order valence-electron chi connectivity index (χ2n) is 6.31. The van der Waals surface area contributed by atoms with Crippen LogP contribution in [0.3, 0.4) is 0 Å². The number of ether oxygens (including phenoxy) is 1. The van der Waals surface area contributed by atoms with E-state index in [2.05, 4.69) is 15.4 Å². The number of esters is 1. The lowest BCUT2D eigenvalue weighted by molar-refractivity contribution is 0.0600. The summed E-state index contributed by atoms with van der Waals surface area (Å²) in [4.78, 5) is 25.9. The van der Waals surface area contributed by atoms with Gasteiger partial charge in [-0.1, -0.05) is 24.3 Å². The highest BCUT2D eigenvalue weighted by Crippen LogP contribution is 2.22. The van der Waals surface area contributed by atoms with Crippen molar-refractivity contribution in [2.45, 2.75) is 12.6 Å². The summed E-state index contributed by atoms with van der Waals surface area (Å²) in [6, 6.07) is 12.8. The van der Waals surface area contributed by atoms with Crippen LogP contribution in [0.2, 0.25) is 0 Å². The van der Waals surface area contributed by atoms with Gasteiger partial charge in [-0.05, 0) is 35.4 Å². The molecule has 0 aromatic heterocycles. The number of carbonyl (C=O) groups excluding carboxylic acids is 2.